The number of aliphatic hydroxyl groups is 1. The van der Waals surface area contributed by atoms with E-state index in [2.05, 4.69) is 93.7 Å². The normalized spacial score (nSPS) is 13.6. The van der Waals surface area contributed by atoms with Crippen molar-refractivity contribution < 1.29 is 52.2 Å². The highest BCUT2D eigenvalue weighted by Crippen LogP contribution is 2.43. The van der Waals surface area contributed by atoms with Gasteiger partial charge >= 0.3 is 25.7 Å². The van der Waals surface area contributed by atoms with Crippen LogP contribution in [0.15, 0.2) is 72.9 Å². The summed E-state index contributed by atoms with van der Waals surface area (Å²) >= 11 is 0. The molecule has 0 aromatic heterocycles. The van der Waals surface area contributed by atoms with Crippen molar-refractivity contribution in [3.8, 4) is 0 Å². The lowest BCUT2D eigenvalue weighted by Crippen LogP contribution is -2.30. The molecule has 0 aliphatic rings. The van der Waals surface area contributed by atoms with Crippen LogP contribution >= 0.6 is 7.82 Å². The quantitative estimate of drug-likeness (QED) is 0.0197. The first-order valence-corrected chi connectivity index (χ1v) is 36.3. The lowest BCUT2D eigenvalue weighted by Gasteiger charge is -2.21. The van der Waals surface area contributed by atoms with E-state index in [9.17, 15) is 28.9 Å². The third-order valence-corrected chi connectivity index (χ3v) is 16.0. The zero-order chi connectivity index (χ0) is 61.2. The Morgan fingerprint density at radius 3 is 0.929 bits per heavy atom. The maximum Gasteiger partial charge on any atom is 0.472 e. The van der Waals surface area contributed by atoms with Gasteiger partial charge in [-0.3, -0.25) is 23.4 Å². The molecule has 0 spiro atoms. The fourth-order valence-corrected chi connectivity index (χ4v) is 10.5. The van der Waals surface area contributed by atoms with Gasteiger partial charge in [-0.05, 0) is 116 Å². The molecule has 0 aliphatic heterocycles. The van der Waals surface area contributed by atoms with Crippen LogP contribution in [0, 0.1) is 0 Å². The molecule has 0 fully saturated rings. The zero-order valence-corrected chi connectivity index (χ0v) is 55.3. The third kappa shape index (κ3) is 63.4. The number of hydrogen-bond donors (Lipinski definition) is 2. The Balaban J connectivity index is 4.69. The highest BCUT2D eigenvalue weighted by Gasteiger charge is 2.28. The number of unbranched alkanes of at least 4 members (excludes halogenated alkanes) is 36. The molecule has 0 aromatic rings. The average molecular weight is 1200 g/mol. The number of rotatable bonds is 65. The highest BCUT2D eigenvalue weighted by molar-refractivity contribution is 7.47. The van der Waals surface area contributed by atoms with Gasteiger partial charge in [0, 0.05) is 19.3 Å². The summed E-state index contributed by atoms with van der Waals surface area (Å²) in [5.74, 6) is -1.47. The van der Waals surface area contributed by atoms with Gasteiger partial charge in [0.1, 0.15) is 12.7 Å². The molecule has 0 saturated heterocycles. The molecule has 0 bridgehead atoms. The molecule has 0 saturated carbocycles. The first-order chi connectivity index (χ1) is 41.2. The van der Waals surface area contributed by atoms with E-state index in [0.29, 0.717) is 19.3 Å². The van der Waals surface area contributed by atoms with Gasteiger partial charge in [0.05, 0.1) is 19.8 Å². The highest BCUT2D eigenvalue weighted by atomic mass is 31.2. The molecule has 0 aliphatic carbocycles. The smallest absolute Gasteiger partial charge is 0.462 e. The summed E-state index contributed by atoms with van der Waals surface area (Å²) < 4.78 is 39.8. The molecular weight excluding hydrogens is 1070 g/mol. The minimum Gasteiger partial charge on any atom is -0.462 e. The molecule has 3 unspecified atom stereocenters. The first-order valence-electron chi connectivity index (χ1n) is 34.8. The fourth-order valence-electron chi connectivity index (χ4n) is 9.74. The third-order valence-electron chi connectivity index (χ3n) is 15.1. The van der Waals surface area contributed by atoms with Crippen LogP contribution in [0.2, 0.25) is 0 Å². The van der Waals surface area contributed by atoms with Crippen molar-refractivity contribution in [2.45, 2.75) is 341 Å². The Morgan fingerprint density at radius 1 is 0.333 bits per heavy atom. The maximum absolute atomic E-state index is 13.0. The Kier molecular flexibility index (Phi) is 63.5. The number of aliphatic hydroxyl groups excluding tert-OH is 1. The summed E-state index contributed by atoms with van der Waals surface area (Å²) in [5.41, 5.74) is 0. The van der Waals surface area contributed by atoms with Crippen molar-refractivity contribution >= 4 is 25.7 Å². The van der Waals surface area contributed by atoms with Crippen molar-refractivity contribution in [2.24, 2.45) is 0 Å². The van der Waals surface area contributed by atoms with E-state index >= 15 is 0 Å². The van der Waals surface area contributed by atoms with Crippen LogP contribution in [0.3, 0.4) is 0 Å². The lowest BCUT2D eigenvalue weighted by atomic mass is 10.1. The number of allylic oxidation sites excluding steroid dienone is 12. The SMILES string of the molecule is CCCCC/C=C\C/C=C\C/C=C\CCCCCCCCC(=O)OCC(COP(=O)(O)OCC(CO)OC(=O)CCCCCCCCCCC/C=C\CCCCCCCC)OC(=O)CCCCCCCCCCC/C=C\C/C=C\CCCCC. The minimum absolute atomic E-state index is 0.159. The van der Waals surface area contributed by atoms with Crippen molar-refractivity contribution in [2.75, 3.05) is 26.4 Å². The number of hydrogen-bond acceptors (Lipinski definition) is 10. The number of carbonyl (C=O) groups excluding carboxylic acids is 3. The summed E-state index contributed by atoms with van der Waals surface area (Å²) in [4.78, 5) is 48.9. The van der Waals surface area contributed by atoms with E-state index in [4.69, 9.17) is 23.3 Å². The van der Waals surface area contributed by atoms with E-state index in [0.717, 1.165) is 103 Å². The van der Waals surface area contributed by atoms with E-state index in [1.807, 2.05) is 0 Å². The monoisotopic (exact) mass is 1200 g/mol. The molecule has 3 atom stereocenters. The van der Waals surface area contributed by atoms with Crippen LogP contribution in [0.1, 0.15) is 329 Å². The Labute approximate surface area is 516 Å². The van der Waals surface area contributed by atoms with Crippen LogP contribution in [-0.2, 0) is 42.2 Å². The number of esters is 3. The van der Waals surface area contributed by atoms with E-state index in [1.165, 1.54) is 167 Å². The summed E-state index contributed by atoms with van der Waals surface area (Å²) in [6.07, 6.45) is 77.0. The molecule has 12 heteroatoms. The van der Waals surface area contributed by atoms with Crippen LogP contribution < -0.4 is 0 Å². The molecule has 0 aromatic carbocycles. The van der Waals surface area contributed by atoms with Gasteiger partial charge in [0.15, 0.2) is 6.10 Å². The molecule has 84 heavy (non-hydrogen) atoms. The van der Waals surface area contributed by atoms with Gasteiger partial charge in [-0.2, -0.15) is 0 Å². The van der Waals surface area contributed by atoms with Gasteiger partial charge in [-0.15, -0.1) is 0 Å². The standard InChI is InChI=1S/C72H129O11P/c1-4-7-10-13-16-19-22-25-28-31-34-37-40-43-46-49-52-55-58-61-70(74)79-65-69(83-72(76)63-60-57-54-51-48-45-42-39-36-33-30-27-24-21-18-15-12-9-6-3)67-81-84(77,78)80-66-68(64-73)82-71(75)62-59-56-53-50-47-44-41-38-35-32-29-26-23-20-17-14-11-8-5-2/h16,18-19,21,25-30,34,37,68-69,73H,4-15,17,20,22-24,31-33,35-36,38-67H2,1-3H3,(H,77,78)/b19-16-,21-18-,28-25-,29-26-,30-27-,37-34-. The largest absolute Gasteiger partial charge is 0.472 e. The van der Waals surface area contributed by atoms with Crippen LogP contribution in [0.5, 0.6) is 0 Å². The Hall–Kier alpha value is -3.08. The predicted octanol–water partition coefficient (Wildman–Crippen LogP) is 21.6. The van der Waals surface area contributed by atoms with Crippen molar-refractivity contribution in [3.63, 3.8) is 0 Å². The molecule has 0 rings (SSSR count). The van der Waals surface area contributed by atoms with Crippen LogP contribution in [-0.4, -0.2) is 66.5 Å². The number of carbonyl (C=O) groups is 3. The molecule has 0 radical (unpaired) electrons. The second-order valence-corrected chi connectivity index (χ2v) is 24.8. The summed E-state index contributed by atoms with van der Waals surface area (Å²) in [7, 11) is -4.76. The molecule has 0 heterocycles. The average Bonchev–Trinajstić information content (AvgIpc) is 3.55. The number of ether oxygens (including phenoxy) is 3. The second kappa shape index (κ2) is 65.9. The summed E-state index contributed by atoms with van der Waals surface area (Å²) in [6.45, 7) is 4.63. The number of phosphoric ester groups is 1. The Morgan fingerprint density at radius 2 is 0.583 bits per heavy atom. The maximum atomic E-state index is 13.0. The van der Waals surface area contributed by atoms with E-state index in [-0.39, 0.29) is 25.9 Å². The molecular formula is C72H129O11P. The lowest BCUT2D eigenvalue weighted by molar-refractivity contribution is -0.161. The predicted molar refractivity (Wildman–Crippen MR) is 353 cm³/mol. The van der Waals surface area contributed by atoms with Crippen molar-refractivity contribution in [3.05, 3.63) is 72.9 Å². The van der Waals surface area contributed by atoms with E-state index < -0.39 is 57.8 Å². The first kappa shape index (κ1) is 80.9. The van der Waals surface area contributed by atoms with Crippen molar-refractivity contribution in [1.82, 2.24) is 0 Å². The van der Waals surface area contributed by atoms with E-state index in [1.54, 1.807) is 0 Å². The van der Waals surface area contributed by atoms with Crippen LogP contribution in [0.4, 0.5) is 0 Å². The van der Waals surface area contributed by atoms with Gasteiger partial charge < -0.3 is 24.2 Å². The zero-order valence-electron chi connectivity index (χ0n) is 54.4. The molecule has 2 N–H and O–H groups in total. The topological polar surface area (TPSA) is 155 Å². The van der Waals surface area contributed by atoms with Gasteiger partial charge in [0.25, 0.3) is 0 Å². The van der Waals surface area contributed by atoms with Gasteiger partial charge in [0.2, 0.25) is 0 Å². The van der Waals surface area contributed by atoms with Crippen molar-refractivity contribution in [1.29, 1.82) is 0 Å². The fraction of sp³-hybridized carbons (Fsp3) is 0.792. The van der Waals surface area contributed by atoms with Gasteiger partial charge in [-0.1, -0.05) is 267 Å². The second-order valence-electron chi connectivity index (χ2n) is 23.3. The molecule has 488 valence electrons. The summed E-state index contributed by atoms with van der Waals surface area (Å²) in [5, 5.41) is 9.88. The van der Waals surface area contributed by atoms with Crippen LogP contribution in [0.25, 0.3) is 0 Å². The minimum atomic E-state index is -4.76. The Bertz CT molecular complexity index is 1690. The van der Waals surface area contributed by atoms with Gasteiger partial charge in [-0.25, -0.2) is 4.57 Å². The summed E-state index contributed by atoms with van der Waals surface area (Å²) in [6, 6.07) is 0. The molecule has 0 amide bonds. The number of phosphoric acid groups is 1. The molecule has 11 nitrogen and oxygen atoms in total.